The standard InChI is InChI=1S/C8H15Cl2NOS/c9-6-8(10)7-11-2-5-13-4-1-3-12/h6,11-12H,1-5,7H2. The van der Waals surface area contributed by atoms with E-state index in [2.05, 4.69) is 5.32 Å². The zero-order valence-corrected chi connectivity index (χ0v) is 9.76. The molecule has 0 aliphatic heterocycles. The van der Waals surface area contributed by atoms with Crippen molar-refractivity contribution < 1.29 is 5.11 Å². The molecule has 0 saturated heterocycles. The average Bonchev–Trinajstić information content (AvgIpc) is 2.16. The fourth-order valence-electron chi connectivity index (χ4n) is 0.659. The van der Waals surface area contributed by atoms with Gasteiger partial charge in [0, 0.05) is 36.0 Å². The van der Waals surface area contributed by atoms with Crippen LogP contribution in [-0.4, -0.2) is 36.3 Å². The van der Waals surface area contributed by atoms with Gasteiger partial charge in [0.1, 0.15) is 0 Å². The van der Waals surface area contributed by atoms with Crippen LogP contribution >= 0.6 is 35.0 Å². The Bertz CT molecular complexity index is 144. The molecule has 0 saturated carbocycles. The second-order valence-corrected chi connectivity index (χ2v) is 4.35. The van der Waals surface area contributed by atoms with Crippen molar-refractivity contribution in [2.45, 2.75) is 6.42 Å². The lowest BCUT2D eigenvalue weighted by Gasteiger charge is -2.02. The molecule has 0 aliphatic carbocycles. The summed E-state index contributed by atoms with van der Waals surface area (Å²) >= 11 is 12.8. The average molecular weight is 244 g/mol. The molecule has 13 heavy (non-hydrogen) atoms. The molecule has 0 aromatic heterocycles. The maximum Gasteiger partial charge on any atom is 0.0438 e. The van der Waals surface area contributed by atoms with E-state index in [0.29, 0.717) is 11.6 Å². The van der Waals surface area contributed by atoms with Crippen LogP contribution in [-0.2, 0) is 0 Å². The van der Waals surface area contributed by atoms with Crippen LogP contribution in [0, 0.1) is 0 Å². The molecule has 0 atom stereocenters. The molecule has 0 unspecified atom stereocenters. The number of halogens is 2. The van der Waals surface area contributed by atoms with E-state index in [1.807, 2.05) is 11.8 Å². The molecule has 0 bridgehead atoms. The molecule has 0 aromatic carbocycles. The second-order valence-electron chi connectivity index (χ2n) is 2.42. The Morgan fingerprint density at radius 2 is 2.23 bits per heavy atom. The number of aliphatic hydroxyl groups excluding tert-OH is 1. The number of aliphatic hydroxyl groups is 1. The summed E-state index contributed by atoms with van der Waals surface area (Å²) in [7, 11) is 0. The normalized spacial score (nSPS) is 12.1. The van der Waals surface area contributed by atoms with Crippen LogP contribution < -0.4 is 5.32 Å². The molecule has 2 N–H and O–H groups in total. The van der Waals surface area contributed by atoms with E-state index in [1.54, 1.807) is 0 Å². The van der Waals surface area contributed by atoms with Crippen molar-refractivity contribution in [3.63, 3.8) is 0 Å². The zero-order chi connectivity index (χ0) is 9.94. The lowest BCUT2D eigenvalue weighted by molar-refractivity contribution is 0.296. The van der Waals surface area contributed by atoms with Gasteiger partial charge in [0.15, 0.2) is 0 Å². The first-order valence-corrected chi connectivity index (χ1v) is 6.12. The number of hydrogen-bond donors (Lipinski definition) is 2. The van der Waals surface area contributed by atoms with Crippen molar-refractivity contribution in [2.75, 3.05) is 31.2 Å². The van der Waals surface area contributed by atoms with Crippen molar-refractivity contribution in [3.05, 3.63) is 10.6 Å². The predicted molar refractivity (Wildman–Crippen MR) is 61.7 cm³/mol. The largest absolute Gasteiger partial charge is 0.396 e. The van der Waals surface area contributed by atoms with Crippen LogP contribution in [0.4, 0.5) is 0 Å². The molecule has 0 heterocycles. The molecule has 0 rings (SSSR count). The molecule has 5 heteroatoms. The Balaban J connectivity index is 3.00. The van der Waals surface area contributed by atoms with Crippen molar-refractivity contribution in [1.29, 1.82) is 0 Å². The summed E-state index contributed by atoms with van der Waals surface area (Å²) in [5, 5.41) is 12.3. The smallest absolute Gasteiger partial charge is 0.0438 e. The molecular formula is C8H15Cl2NOS. The monoisotopic (exact) mass is 243 g/mol. The van der Waals surface area contributed by atoms with Gasteiger partial charge in [-0.15, -0.1) is 0 Å². The molecule has 78 valence electrons. The predicted octanol–water partition coefficient (Wildman–Crippen LogP) is 2.01. The summed E-state index contributed by atoms with van der Waals surface area (Å²) < 4.78 is 0. The third-order valence-electron chi connectivity index (χ3n) is 1.28. The molecular weight excluding hydrogens is 229 g/mol. The van der Waals surface area contributed by atoms with E-state index >= 15 is 0 Å². The Kier molecular flexibility index (Phi) is 11.2. The van der Waals surface area contributed by atoms with E-state index in [-0.39, 0.29) is 6.61 Å². The van der Waals surface area contributed by atoms with Gasteiger partial charge in [-0.3, -0.25) is 0 Å². The highest BCUT2D eigenvalue weighted by molar-refractivity contribution is 7.99. The van der Waals surface area contributed by atoms with E-state index < -0.39 is 0 Å². The van der Waals surface area contributed by atoms with E-state index in [0.717, 1.165) is 24.5 Å². The van der Waals surface area contributed by atoms with Gasteiger partial charge >= 0.3 is 0 Å². The number of hydrogen-bond acceptors (Lipinski definition) is 3. The molecule has 0 radical (unpaired) electrons. The van der Waals surface area contributed by atoms with Crippen LogP contribution in [0.1, 0.15) is 6.42 Å². The van der Waals surface area contributed by atoms with Crippen LogP contribution in [0.15, 0.2) is 10.6 Å². The lowest BCUT2D eigenvalue weighted by Crippen LogP contribution is -2.18. The molecule has 2 nitrogen and oxygen atoms in total. The molecule has 0 amide bonds. The number of nitrogens with one attached hydrogen (secondary N) is 1. The Labute approximate surface area is 93.7 Å². The first-order valence-electron chi connectivity index (χ1n) is 4.15. The molecule has 0 aliphatic rings. The third kappa shape index (κ3) is 10.5. The fourth-order valence-corrected chi connectivity index (χ4v) is 1.66. The van der Waals surface area contributed by atoms with Crippen LogP contribution in [0.5, 0.6) is 0 Å². The Morgan fingerprint density at radius 3 is 2.85 bits per heavy atom. The SMILES string of the molecule is OCCCSCCNCC(Cl)=CCl. The second kappa shape index (κ2) is 10.7. The summed E-state index contributed by atoms with van der Waals surface area (Å²) in [6.45, 7) is 1.82. The van der Waals surface area contributed by atoms with Crippen LogP contribution in [0.2, 0.25) is 0 Å². The molecule has 0 spiro atoms. The van der Waals surface area contributed by atoms with Gasteiger partial charge < -0.3 is 10.4 Å². The summed E-state index contributed by atoms with van der Waals surface area (Å²) in [5.41, 5.74) is 1.37. The first kappa shape index (κ1) is 13.6. The van der Waals surface area contributed by atoms with Crippen molar-refractivity contribution in [1.82, 2.24) is 5.32 Å². The Hall–Kier alpha value is 0.590. The quantitative estimate of drug-likeness (QED) is 0.640. The zero-order valence-electron chi connectivity index (χ0n) is 7.43. The first-order chi connectivity index (χ1) is 6.31. The van der Waals surface area contributed by atoms with E-state index in [4.69, 9.17) is 28.3 Å². The van der Waals surface area contributed by atoms with Gasteiger partial charge in [0.05, 0.1) is 0 Å². The van der Waals surface area contributed by atoms with Gasteiger partial charge in [0.25, 0.3) is 0 Å². The summed E-state index contributed by atoms with van der Waals surface area (Å²) in [6, 6.07) is 0. The fraction of sp³-hybridized carbons (Fsp3) is 0.750. The molecule has 0 fully saturated rings. The van der Waals surface area contributed by atoms with Crippen LogP contribution in [0.3, 0.4) is 0 Å². The van der Waals surface area contributed by atoms with Gasteiger partial charge in [-0.1, -0.05) is 23.2 Å². The van der Waals surface area contributed by atoms with Crippen molar-refractivity contribution in [3.8, 4) is 0 Å². The maximum absolute atomic E-state index is 8.51. The molecule has 0 aromatic rings. The van der Waals surface area contributed by atoms with Gasteiger partial charge in [-0.05, 0) is 12.2 Å². The van der Waals surface area contributed by atoms with E-state index in [1.165, 1.54) is 5.54 Å². The highest BCUT2D eigenvalue weighted by Crippen LogP contribution is 2.02. The summed E-state index contributed by atoms with van der Waals surface area (Å²) in [4.78, 5) is 0. The van der Waals surface area contributed by atoms with Gasteiger partial charge in [0.2, 0.25) is 0 Å². The van der Waals surface area contributed by atoms with Crippen molar-refractivity contribution >= 4 is 35.0 Å². The lowest BCUT2D eigenvalue weighted by atomic mass is 10.5. The summed E-state index contributed by atoms with van der Waals surface area (Å²) in [6.07, 6.45) is 0.868. The minimum absolute atomic E-state index is 0.279. The topological polar surface area (TPSA) is 32.3 Å². The minimum atomic E-state index is 0.279. The van der Waals surface area contributed by atoms with Crippen molar-refractivity contribution in [2.24, 2.45) is 0 Å². The number of thioether (sulfide) groups is 1. The number of rotatable bonds is 8. The third-order valence-corrected chi connectivity index (χ3v) is 2.97. The highest BCUT2D eigenvalue weighted by atomic mass is 35.5. The maximum atomic E-state index is 8.51. The summed E-state index contributed by atoms with van der Waals surface area (Å²) in [5.74, 6) is 2.05. The minimum Gasteiger partial charge on any atom is -0.396 e. The van der Waals surface area contributed by atoms with Gasteiger partial charge in [-0.2, -0.15) is 11.8 Å². The van der Waals surface area contributed by atoms with Gasteiger partial charge in [-0.25, -0.2) is 0 Å². The van der Waals surface area contributed by atoms with Crippen LogP contribution in [0.25, 0.3) is 0 Å². The Morgan fingerprint density at radius 1 is 1.46 bits per heavy atom. The highest BCUT2D eigenvalue weighted by Gasteiger charge is 1.91. The van der Waals surface area contributed by atoms with E-state index in [9.17, 15) is 0 Å².